The topological polar surface area (TPSA) is 83.6 Å². The lowest BCUT2D eigenvalue weighted by Gasteiger charge is -2.17. The highest BCUT2D eigenvalue weighted by atomic mass is 35.5. The number of hydrogen-bond acceptors (Lipinski definition) is 5. The third-order valence-corrected chi connectivity index (χ3v) is 4.40. The zero-order chi connectivity index (χ0) is 14.5. The van der Waals surface area contributed by atoms with Crippen molar-refractivity contribution in [2.75, 3.05) is 0 Å². The van der Waals surface area contributed by atoms with Crippen LogP contribution in [0.2, 0.25) is 4.34 Å². The van der Waals surface area contributed by atoms with E-state index in [9.17, 15) is 4.79 Å². The van der Waals surface area contributed by atoms with Gasteiger partial charge in [-0.05, 0) is 25.5 Å². The molecule has 2 aromatic rings. The standard InChI is InChI=1S/C12H16ClN5OS/c1-3-4-8(11-15-17-18-16-11)14-12(19)7(2)9-5-6-10(13)20-9/h5-8H,3-4H2,1-2H3,(H,14,19)(H,15,16,17,18)/t7-,8+/m0/s1. The van der Waals surface area contributed by atoms with Crippen molar-refractivity contribution in [1.29, 1.82) is 0 Å². The molecule has 0 fully saturated rings. The van der Waals surface area contributed by atoms with Crippen LogP contribution in [-0.2, 0) is 4.79 Å². The molecular formula is C12H16ClN5OS. The number of thiophene rings is 1. The highest BCUT2D eigenvalue weighted by molar-refractivity contribution is 7.16. The van der Waals surface area contributed by atoms with Gasteiger partial charge in [0.05, 0.1) is 16.3 Å². The number of rotatable bonds is 6. The largest absolute Gasteiger partial charge is 0.345 e. The van der Waals surface area contributed by atoms with Crippen LogP contribution in [0.3, 0.4) is 0 Å². The van der Waals surface area contributed by atoms with E-state index in [-0.39, 0.29) is 17.9 Å². The minimum Gasteiger partial charge on any atom is -0.345 e. The van der Waals surface area contributed by atoms with Crippen LogP contribution in [0, 0.1) is 0 Å². The highest BCUT2D eigenvalue weighted by Crippen LogP contribution is 2.28. The molecule has 20 heavy (non-hydrogen) atoms. The molecule has 8 heteroatoms. The monoisotopic (exact) mass is 313 g/mol. The zero-order valence-electron chi connectivity index (χ0n) is 11.3. The fourth-order valence-corrected chi connectivity index (χ4v) is 2.97. The Balaban J connectivity index is 2.04. The summed E-state index contributed by atoms with van der Waals surface area (Å²) in [4.78, 5) is 13.2. The second-order valence-electron chi connectivity index (χ2n) is 4.48. The Morgan fingerprint density at radius 3 is 2.90 bits per heavy atom. The van der Waals surface area contributed by atoms with Crippen molar-refractivity contribution in [3.63, 3.8) is 0 Å². The molecule has 0 bridgehead atoms. The second kappa shape index (κ2) is 6.81. The lowest BCUT2D eigenvalue weighted by molar-refractivity contribution is -0.123. The van der Waals surface area contributed by atoms with E-state index in [0.29, 0.717) is 10.2 Å². The van der Waals surface area contributed by atoms with Gasteiger partial charge >= 0.3 is 0 Å². The van der Waals surface area contributed by atoms with E-state index in [1.54, 1.807) is 6.07 Å². The van der Waals surface area contributed by atoms with Crippen LogP contribution in [0.1, 0.15) is 49.4 Å². The minimum absolute atomic E-state index is 0.0632. The van der Waals surface area contributed by atoms with E-state index in [2.05, 4.69) is 25.9 Å². The number of nitrogens with one attached hydrogen (secondary N) is 2. The lowest BCUT2D eigenvalue weighted by Crippen LogP contribution is -2.32. The van der Waals surface area contributed by atoms with Gasteiger partial charge in [0, 0.05) is 4.88 Å². The smallest absolute Gasteiger partial charge is 0.228 e. The maximum Gasteiger partial charge on any atom is 0.228 e. The van der Waals surface area contributed by atoms with E-state index < -0.39 is 0 Å². The number of amides is 1. The van der Waals surface area contributed by atoms with Crippen LogP contribution in [0.4, 0.5) is 0 Å². The summed E-state index contributed by atoms with van der Waals surface area (Å²) in [5, 5.41) is 16.8. The van der Waals surface area contributed by atoms with Gasteiger partial charge in [0.1, 0.15) is 0 Å². The Morgan fingerprint density at radius 2 is 2.35 bits per heavy atom. The molecule has 0 aliphatic heterocycles. The van der Waals surface area contributed by atoms with Gasteiger partial charge in [-0.1, -0.05) is 30.2 Å². The first-order chi connectivity index (χ1) is 9.61. The fourth-order valence-electron chi connectivity index (χ4n) is 1.86. The maximum absolute atomic E-state index is 12.3. The number of H-pyrrole nitrogens is 1. The number of tetrazole rings is 1. The van der Waals surface area contributed by atoms with Crippen molar-refractivity contribution in [3.05, 3.63) is 27.2 Å². The van der Waals surface area contributed by atoms with Gasteiger partial charge in [-0.25, -0.2) is 0 Å². The molecule has 0 spiro atoms. The number of aromatic amines is 1. The summed E-state index contributed by atoms with van der Waals surface area (Å²) in [6.45, 7) is 3.90. The SMILES string of the molecule is CCC[C@@H](NC(=O)[C@@H](C)c1ccc(Cl)s1)c1nn[nH]n1. The van der Waals surface area contributed by atoms with Crippen LogP contribution >= 0.6 is 22.9 Å². The molecular weight excluding hydrogens is 298 g/mol. The molecule has 2 N–H and O–H groups in total. The average molecular weight is 314 g/mol. The third kappa shape index (κ3) is 3.55. The van der Waals surface area contributed by atoms with Crippen LogP contribution in [0.15, 0.2) is 12.1 Å². The van der Waals surface area contributed by atoms with Crippen LogP contribution in [0.25, 0.3) is 0 Å². The van der Waals surface area contributed by atoms with Crippen molar-refractivity contribution < 1.29 is 4.79 Å². The zero-order valence-corrected chi connectivity index (χ0v) is 12.8. The van der Waals surface area contributed by atoms with Gasteiger partial charge in [0.15, 0.2) is 5.82 Å². The van der Waals surface area contributed by atoms with Crippen molar-refractivity contribution in [2.45, 2.75) is 38.6 Å². The van der Waals surface area contributed by atoms with E-state index in [1.807, 2.05) is 19.9 Å². The van der Waals surface area contributed by atoms with E-state index in [0.717, 1.165) is 17.7 Å². The average Bonchev–Trinajstić information content (AvgIpc) is 3.08. The number of hydrogen-bond donors (Lipinski definition) is 2. The molecule has 1 amide bonds. The van der Waals surface area contributed by atoms with Crippen molar-refractivity contribution in [1.82, 2.24) is 25.9 Å². The van der Waals surface area contributed by atoms with E-state index >= 15 is 0 Å². The Labute approximate surface area is 125 Å². The van der Waals surface area contributed by atoms with Gasteiger partial charge in [0.2, 0.25) is 5.91 Å². The first-order valence-corrected chi connectivity index (χ1v) is 7.60. The van der Waals surface area contributed by atoms with Crippen molar-refractivity contribution in [2.24, 2.45) is 0 Å². The van der Waals surface area contributed by atoms with Gasteiger partial charge in [-0.15, -0.1) is 21.5 Å². The summed E-state index contributed by atoms with van der Waals surface area (Å²) in [7, 11) is 0. The normalized spacial score (nSPS) is 13.9. The summed E-state index contributed by atoms with van der Waals surface area (Å²) in [6, 6.07) is 3.46. The third-order valence-electron chi connectivity index (χ3n) is 2.98. The number of carbonyl (C=O) groups is 1. The summed E-state index contributed by atoms with van der Waals surface area (Å²) in [5.74, 6) is 0.196. The number of halogens is 1. The van der Waals surface area contributed by atoms with Crippen molar-refractivity contribution >= 4 is 28.8 Å². The number of carbonyl (C=O) groups excluding carboxylic acids is 1. The molecule has 2 heterocycles. The summed E-state index contributed by atoms with van der Waals surface area (Å²) >= 11 is 7.32. The molecule has 0 aliphatic carbocycles. The summed E-state index contributed by atoms with van der Waals surface area (Å²) < 4.78 is 0.683. The van der Waals surface area contributed by atoms with Gasteiger partial charge in [-0.3, -0.25) is 4.79 Å². The molecule has 2 aromatic heterocycles. The molecule has 0 aromatic carbocycles. The van der Waals surface area contributed by atoms with Gasteiger partial charge in [0.25, 0.3) is 0 Å². The quantitative estimate of drug-likeness (QED) is 0.858. The van der Waals surface area contributed by atoms with Crippen molar-refractivity contribution in [3.8, 4) is 0 Å². The highest BCUT2D eigenvalue weighted by Gasteiger charge is 2.23. The molecule has 0 unspecified atom stereocenters. The predicted octanol–water partition coefficient (Wildman–Crippen LogP) is 2.68. The van der Waals surface area contributed by atoms with Gasteiger partial charge in [-0.2, -0.15) is 5.21 Å². The lowest BCUT2D eigenvalue weighted by atomic mass is 10.1. The molecule has 2 rings (SSSR count). The fraction of sp³-hybridized carbons (Fsp3) is 0.500. The molecule has 6 nitrogen and oxygen atoms in total. The second-order valence-corrected chi connectivity index (χ2v) is 6.23. The molecule has 0 aliphatic rings. The minimum atomic E-state index is -0.251. The Hall–Kier alpha value is -1.47. The Morgan fingerprint density at radius 1 is 1.55 bits per heavy atom. The van der Waals surface area contributed by atoms with Crippen LogP contribution < -0.4 is 5.32 Å². The predicted molar refractivity (Wildman–Crippen MR) is 77.7 cm³/mol. The Bertz CT molecular complexity index is 556. The molecule has 0 saturated heterocycles. The molecule has 0 saturated carbocycles. The summed E-state index contributed by atoms with van der Waals surface area (Å²) in [6.07, 6.45) is 1.68. The maximum atomic E-state index is 12.3. The molecule has 108 valence electrons. The Kier molecular flexibility index (Phi) is 5.08. The van der Waals surface area contributed by atoms with Crippen LogP contribution in [-0.4, -0.2) is 26.5 Å². The first kappa shape index (κ1) is 14.9. The molecule has 2 atom stereocenters. The number of nitrogens with zero attached hydrogens (tertiary/aromatic N) is 3. The van der Waals surface area contributed by atoms with Crippen LogP contribution in [0.5, 0.6) is 0 Å². The van der Waals surface area contributed by atoms with Gasteiger partial charge < -0.3 is 5.32 Å². The van der Waals surface area contributed by atoms with E-state index in [1.165, 1.54) is 11.3 Å². The summed E-state index contributed by atoms with van der Waals surface area (Å²) in [5.41, 5.74) is 0. The first-order valence-electron chi connectivity index (χ1n) is 6.40. The van der Waals surface area contributed by atoms with E-state index in [4.69, 9.17) is 11.6 Å². The number of aromatic nitrogens is 4. The molecule has 0 radical (unpaired) electrons.